The lowest BCUT2D eigenvalue weighted by molar-refractivity contribution is 0.102. The molecule has 0 aliphatic rings. The van der Waals surface area contributed by atoms with Crippen molar-refractivity contribution in [1.82, 2.24) is 0 Å². The van der Waals surface area contributed by atoms with Gasteiger partial charge in [-0.15, -0.1) is 0 Å². The number of alkyl halides is 2. The molecular weight excluding hydrogens is 294 g/mol. The summed E-state index contributed by atoms with van der Waals surface area (Å²) in [5.41, 5.74) is 7.79. The smallest absolute Gasteiger partial charge is 0.288 e. The van der Waals surface area contributed by atoms with Gasteiger partial charge >= 0.3 is 0 Å². The molecular formula is C15H14F2N2OS. The third-order valence-electron chi connectivity index (χ3n) is 2.71. The topological polar surface area (TPSA) is 55.1 Å². The molecule has 2 aromatic rings. The predicted octanol–water partition coefficient (Wildman–Crippen LogP) is 4.14. The Morgan fingerprint density at radius 2 is 1.95 bits per heavy atom. The first-order chi connectivity index (χ1) is 9.95. The summed E-state index contributed by atoms with van der Waals surface area (Å²) in [6.07, 6.45) is 0. The lowest BCUT2D eigenvalue weighted by Crippen LogP contribution is -2.13. The molecule has 0 atom stereocenters. The van der Waals surface area contributed by atoms with Crippen LogP contribution in [0.15, 0.2) is 47.4 Å². The van der Waals surface area contributed by atoms with Crippen LogP contribution in [0.5, 0.6) is 0 Å². The third kappa shape index (κ3) is 4.19. The summed E-state index contributed by atoms with van der Waals surface area (Å²) in [6, 6.07) is 11.4. The number of nitrogens with two attached hydrogens (primary N) is 1. The van der Waals surface area contributed by atoms with Crippen LogP contribution in [0.25, 0.3) is 0 Å². The Kier molecular flexibility index (Phi) is 4.80. The van der Waals surface area contributed by atoms with Crippen LogP contribution in [0.4, 0.5) is 20.2 Å². The van der Waals surface area contributed by atoms with Gasteiger partial charge in [-0.3, -0.25) is 4.79 Å². The number of nitrogen functional groups attached to an aromatic ring is 1. The number of para-hydroxylation sites is 1. The van der Waals surface area contributed by atoms with E-state index in [2.05, 4.69) is 5.32 Å². The van der Waals surface area contributed by atoms with E-state index in [1.165, 1.54) is 6.07 Å². The Balaban J connectivity index is 2.23. The Labute approximate surface area is 125 Å². The predicted molar refractivity (Wildman–Crippen MR) is 81.8 cm³/mol. The lowest BCUT2D eigenvalue weighted by atomic mass is 10.1. The van der Waals surface area contributed by atoms with Crippen molar-refractivity contribution in [3.63, 3.8) is 0 Å². The molecule has 0 saturated heterocycles. The molecule has 2 aromatic carbocycles. The summed E-state index contributed by atoms with van der Waals surface area (Å²) < 4.78 is 25.0. The quantitative estimate of drug-likeness (QED) is 0.659. The Bertz CT molecular complexity index is 642. The second-order valence-electron chi connectivity index (χ2n) is 4.46. The first-order valence-corrected chi connectivity index (χ1v) is 7.06. The van der Waals surface area contributed by atoms with Crippen LogP contribution < -0.4 is 11.1 Å². The number of hydrogen-bond donors (Lipinski definition) is 2. The highest BCUT2D eigenvalue weighted by atomic mass is 32.2. The number of nitrogens with one attached hydrogen (secondary N) is 1. The van der Waals surface area contributed by atoms with Gasteiger partial charge in [-0.2, -0.15) is 8.78 Å². The van der Waals surface area contributed by atoms with Gasteiger partial charge in [0.15, 0.2) is 0 Å². The molecule has 0 unspecified atom stereocenters. The maximum Gasteiger partial charge on any atom is 0.288 e. The van der Waals surface area contributed by atoms with Crippen LogP contribution in [0.2, 0.25) is 0 Å². The van der Waals surface area contributed by atoms with Gasteiger partial charge in [0.1, 0.15) is 0 Å². The minimum Gasteiger partial charge on any atom is -0.399 e. The fourth-order valence-corrected chi connectivity index (χ4v) is 2.50. The Morgan fingerprint density at radius 1 is 1.24 bits per heavy atom. The minimum absolute atomic E-state index is 0.321. The number of thioether (sulfide) groups is 1. The number of carbonyl (C=O) groups is 1. The van der Waals surface area contributed by atoms with E-state index in [9.17, 15) is 13.6 Å². The molecule has 21 heavy (non-hydrogen) atoms. The molecule has 3 N–H and O–H groups in total. The average molecular weight is 308 g/mol. The van der Waals surface area contributed by atoms with E-state index in [0.717, 1.165) is 5.56 Å². The molecule has 2 rings (SSSR count). The maximum absolute atomic E-state index is 12.5. The zero-order valence-electron chi connectivity index (χ0n) is 11.3. The first kappa shape index (κ1) is 15.3. The minimum atomic E-state index is -2.54. The largest absolute Gasteiger partial charge is 0.399 e. The highest BCUT2D eigenvalue weighted by molar-refractivity contribution is 7.99. The van der Waals surface area contributed by atoms with Gasteiger partial charge in [0.25, 0.3) is 11.7 Å². The first-order valence-electron chi connectivity index (χ1n) is 6.18. The SMILES string of the molecule is Cc1cc(N)cc(C(=O)Nc2ccccc2SC(F)F)c1. The standard InChI is InChI=1S/C15H14F2N2OS/c1-9-6-10(8-11(18)7-9)14(20)19-12-4-2-3-5-13(12)21-15(16)17/h2-8,15H,18H2,1H3,(H,19,20). The maximum atomic E-state index is 12.5. The van der Waals surface area contributed by atoms with E-state index >= 15 is 0 Å². The van der Waals surface area contributed by atoms with Gasteiger partial charge in [-0.25, -0.2) is 0 Å². The van der Waals surface area contributed by atoms with E-state index < -0.39 is 5.76 Å². The van der Waals surface area contributed by atoms with Crippen molar-refractivity contribution in [2.45, 2.75) is 17.6 Å². The average Bonchev–Trinajstić information content (AvgIpc) is 2.39. The molecule has 0 radical (unpaired) electrons. The van der Waals surface area contributed by atoms with Crippen molar-refractivity contribution >= 4 is 29.0 Å². The van der Waals surface area contributed by atoms with E-state index in [1.807, 2.05) is 6.92 Å². The number of amides is 1. The van der Waals surface area contributed by atoms with Crippen molar-refractivity contribution in [1.29, 1.82) is 0 Å². The van der Waals surface area contributed by atoms with Gasteiger partial charge in [0, 0.05) is 16.1 Å². The molecule has 3 nitrogen and oxygen atoms in total. The number of hydrogen-bond acceptors (Lipinski definition) is 3. The van der Waals surface area contributed by atoms with Crippen LogP contribution in [0.1, 0.15) is 15.9 Å². The molecule has 0 aliphatic carbocycles. The second-order valence-corrected chi connectivity index (χ2v) is 5.49. The van der Waals surface area contributed by atoms with Gasteiger partial charge in [-0.05, 0) is 42.8 Å². The van der Waals surface area contributed by atoms with Crippen LogP contribution in [-0.4, -0.2) is 11.7 Å². The van der Waals surface area contributed by atoms with Crippen LogP contribution in [0.3, 0.4) is 0 Å². The summed E-state index contributed by atoms with van der Waals surface area (Å²) >= 11 is 0.396. The van der Waals surface area contributed by atoms with E-state index in [4.69, 9.17) is 5.73 Å². The molecule has 0 heterocycles. The summed E-state index contributed by atoms with van der Waals surface area (Å²) in [4.78, 5) is 12.5. The van der Waals surface area contributed by atoms with Crippen molar-refractivity contribution in [2.24, 2.45) is 0 Å². The van der Waals surface area contributed by atoms with E-state index in [0.29, 0.717) is 33.6 Å². The monoisotopic (exact) mass is 308 g/mol. The highest BCUT2D eigenvalue weighted by Crippen LogP contribution is 2.31. The Morgan fingerprint density at radius 3 is 2.62 bits per heavy atom. The van der Waals surface area contributed by atoms with Crippen molar-refractivity contribution in [3.05, 3.63) is 53.6 Å². The van der Waals surface area contributed by atoms with Gasteiger partial charge in [-0.1, -0.05) is 23.9 Å². The lowest BCUT2D eigenvalue weighted by Gasteiger charge is -2.11. The van der Waals surface area contributed by atoms with Gasteiger partial charge < -0.3 is 11.1 Å². The molecule has 1 amide bonds. The van der Waals surface area contributed by atoms with E-state index in [-0.39, 0.29) is 5.91 Å². The molecule has 6 heteroatoms. The molecule has 0 fully saturated rings. The van der Waals surface area contributed by atoms with Gasteiger partial charge in [0.2, 0.25) is 0 Å². The van der Waals surface area contributed by atoms with Crippen LogP contribution in [-0.2, 0) is 0 Å². The van der Waals surface area contributed by atoms with Crippen molar-refractivity contribution in [2.75, 3.05) is 11.1 Å². The zero-order valence-corrected chi connectivity index (χ0v) is 12.1. The molecule has 0 spiro atoms. The summed E-state index contributed by atoms with van der Waals surface area (Å²) in [5, 5.41) is 2.64. The third-order valence-corrected chi connectivity index (χ3v) is 3.50. The van der Waals surface area contributed by atoms with Crippen molar-refractivity contribution in [3.8, 4) is 0 Å². The normalized spacial score (nSPS) is 10.7. The fraction of sp³-hybridized carbons (Fsp3) is 0.133. The van der Waals surface area contributed by atoms with E-state index in [1.54, 1.807) is 36.4 Å². The summed E-state index contributed by atoms with van der Waals surface area (Å²) in [6.45, 7) is 1.83. The highest BCUT2D eigenvalue weighted by Gasteiger charge is 2.13. The number of anilines is 2. The number of aryl methyl sites for hydroxylation is 1. The molecule has 0 aromatic heterocycles. The van der Waals surface area contributed by atoms with Crippen molar-refractivity contribution < 1.29 is 13.6 Å². The fourth-order valence-electron chi connectivity index (χ4n) is 1.91. The summed E-state index contributed by atoms with van der Waals surface area (Å²) in [5.74, 6) is -2.93. The Hall–Kier alpha value is -2.08. The molecule has 0 bridgehead atoms. The number of benzene rings is 2. The molecule has 0 saturated carbocycles. The van der Waals surface area contributed by atoms with Crippen LogP contribution >= 0.6 is 11.8 Å². The van der Waals surface area contributed by atoms with Gasteiger partial charge in [0.05, 0.1) is 5.69 Å². The second kappa shape index (κ2) is 6.58. The summed E-state index contributed by atoms with van der Waals surface area (Å²) in [7, 11) is 0. The van der Waals surface area contributed by atoms with Crippen LogP contribution in [0, 0.1) is 6.92 Å². The molecule has 0 aliphatic heterocycles. The number of rotatable bonds is 4. The zero-order chi connectivity index (χ0) is 15.4. The number of carbonyl (C=O) groups excluding carboxylic acids is 1. The number of halogens is 2. The molecule has 110 valence electrons.